The molecule has 0 unspecified atom stereocenters. The predicted molar refractivity (Wildman–Crippen MR) is 94.7 cm³/mol. The minimum Gasteiger partial charge on any atom is -0.494 e. The van der Waals surface area contributed by atoms with Gasteiger partial charge in [-0.1, -0.05) is 6.07 Å². The van der Waals surface area contributed by atoms with Gasteiger partial charge in [-0.15, -0.1) is 0 Å². The van der Waals surface area contributed by atoms with E-state index in [4.69, 9.17) is 9.15 Å². The highest BCUT2D eigenvalue weighted by Crippen LogP contribution is 2.21. The van der Waals surface area contributed by atoms with Gasteiger partial charge in [0.25, 0.3) is 11.6 Å². The second-order valence-corrected chi connectivity index (χ2v) is 5.34. The number of ether oxygens (including phenoxy) is 1. The summed E-state index contributed by atoms with van der Waals surface area (Å²) in [4.78, 5) is 34.7. The zero-order valence-electron chi connectivity index (χ0n) is 13.7. The molecule has 1 heterocycles. The molecular weight excluding hydrogens is 340 g/mol. The number of non-ortho nitro benzene ring substituents is 1. The van der Waals surface area contributed by atoms with Gasteiger partial charge < -0.3 is 14.5 Å². The molecule has 2 aromatic carbocycles. The topological polar surface area (TPSA) is 112 Å². The van der Waals surface area contributed by atoms with Crippen LogP contribution >= 0.6 is 0 Å². The SMILES string of the molecule is CCOc1ccc2cc(C(=O)Nc3cccc([N+](=O)[O-])c3)c(=O)oc2c1. The highest BCUT2D eigenvalue weighted by atomic mass is 16.6. The number of nitro benzene ring substituents is 1. The normalized spacial score (nSPS) is 10.5. The quantitative estimate of drug-likeness (QED) is 0.427. The maximum Gasteiger partial charge on any atom is 0.349 e. The molecule has 1 aromatic heterocycles. The fourth-order valence-electron chi connectivity index (χ4n) is 2.40. The molecule has 1 N–H and O–H groups in total. The van der Waals surface area contributed by atoms with Gasteiger partial charge in [0, 0.05) is 29.3 Å². The molecule has 3 rings (SSSR count). The summed E-state index contributed by atoms with van der Waals surface area (Å²) in [5, 5.41) is 13.8. The van der Waals surface area contributed by atoms with E-state index in [2.05, 4.69) is 5.32 Å². The van der Waals surface area contributed by atoms with Crippen molar-refractivity contribution in [2.45, 2.75) is 6.92 Å². The van der Waals surface area contributed by atoms with Crippen LogP contribution in [0.25, 0.3) is 11.0 Å². The molecule has 0 aliphatic rings. The Labute approximate surface area is 147 Å². The zero-order chi connectivity index (χ0) is 18.7. The van der Waals surface area contributed by atoms with Crippen molar-refractivity contribution in [3.63, 3.8) is 0 Å². The molecule has 132 valence electrons. The van der Waals surface area contributed by atoms with E-state index in [9.17, 15) is 19.7 Å². The number of benzene rings is 2. The third-order valence-corrected chi connectivity index (χ3v) is 3.58. The lowest BCUT2D eigenvalue weighted by molar-refractivity contribution is -0.384. The summed E-state index contributed by atoms with van der Waals surface area (Å²) in [6.45, 7) is 2.31. The Balaban J connectivity index is 1.92. The van der Waals surface area contributed by atoms with E-state index in [0.717, 1.165) is 0 Å². The summed E-state index contributed by atoms with van der Waals surface area (Å²) in [5.74, 6) is -0.160. The Morgan fingerprint density at radius 2 is 2.04 bits per heavy atom. The van der Waals surface area contributed by atoms with E-state index in [0.29, 0.717) is 23.3 Å². The van der Waals surface area contributed by atoms with Crippen molar-refractivity contribution in [3.8, 4) is 5.75 Å². The van der Waals surface area contributed by atoms with Crippen molar-refractivity contribution in [3.05, 3.63) is 74.6 Å². The maximum atomic E-state index is 12.4. The number of hydrogen-bond acceptors (Lipinski definition) is 6. The van der Waals surface area contributed by atoms with Gasteiger partial charge in [0.05, 0.1) is 11.5 Å². The molecule has 8 heteroatoms. The van der Waals surface area contributed by atoms with Gasteiger partial charge in [-0.3, -0.25) is 14.9 Å². The second-order valence-electron chi connectivity index (χ2n) is 5.34. The van der Waals surface area contributed by atoms with Crippen LogP contribution < -0.4 is 15.7 Å². The highest BCUT2D eigenvalue weighted by Gasteiger charge is 2.15. The van der Waals surface area contributed by atoms with Crippen molar-refractivity contribution in [1.29, 1.82) is 0 Å². The molecule has 0 fully saturated rings. The number of hydrogen-bond donors (Lipinski definition) is 1. The first kappa shape index (κ1) is 17.2. The fraction of sp³-hybridized carbons (Fsp3) is 0.111. The minimum atomic E-state index is -0.811. The van der Waals surface area contributed by atoms with E-state index in [1.165, 1.54) is 30.3 Å². The number of carbonyl (C=O) groups excluding carboxylic acids is 1. The maximum absolute atomic E-state index is 12.4. The van der Waals surface area contributed by atoms with Gasteiger partial charge in [0.1, 0.15) is 16.9 Å². The third kappa shape index (κ3) is 3.54. The van der Waals surface area contributed by atoms with E-state index >= 15 is 0 Å². The van der Waals surface area contributed by atoms with Crippen LogP contribution in [0.5, 0.6) is 5.75 Å². The van der Waals surface area contributed by atoms with Crippen LogP contribution in [0.15, 0.2) is 57.7 Å². The summed E-state index contributed by atoms with van der Waals surface area (Å²) in [5.41, 5.74) is -0.678. The molecule has 0 bridgehead atoms. The lowest BCUT2D eigenvalue weighted by Gasteiger charge is -2.06. The summed E-state index contributed by atoms with van der Waals surface area (Å²) >= 11 is 0. The van der Waals surface area contributed by atoms with Crippen LogP contribution in [0, 0.1) is 10.1 Å². The number of nitro groups is 1. The molecule has 1 amide bonds. The van der Waals surface area contributed by atoms with Gasteiger partial charge >= 0.3 is 5.63 Å². The Morgan fingerprint density at radius 1 is 1.23 bits per heavy atom. The number of rotatable bonds is 5. The molecule has 0 aliphatic carbocycles. The van der Waals surface area contributed by atoms with Gasteiger partial charge in [-0.05, 0) is 31.2 Å². The predicted octanol–water partition coefficient (Wildman–Crippen LogP) is 3.35. The smallest absolute Gasteiger partial charge is 0.349 e. The van der Waals surface area contributed by atoms with E-state index in [1.807, 2.05) is 6.92 Å². The third-order valence-electron chi connectivity index (χ3n) is 3.58. The van der Waals surface area contributed by atoms with Gasteiger partial charge in [0.2, 0.25) is 0 Å². The van der Waals surface area contributed by atoms with Crippen LogP contribution in [0.4, 0.5) is 11.4 Å². The molecule has 3 aromatic rings. The average molecular weight is 354 g/mol. The Bertz CT molecular complexity index is 1060. The number of amides is 1. The number of anilines is 1. The highest BCUT2D eigenvalue weighted by molar-refractivity contribution is 6.05. The fourth-order valence-corrected chi connectivity index (χ4v) is 2.40. The standard InChI is InChI=1S/C18H14N2O6/c1-2-25-14-7-6-11-8-15(18(22)26-16(11)10-14)17(21)19-12-4-3-5-13(9-12)20(23)24/h3-10H,2H2,1H3,(H,19,21). The van der Waals surface area contributed by atoms with E-state index in [1.54, 1.807) is 18.2 Å². The zero-order valence-corrected chi connectivity index (χ0v) is 13.7. The number of nitrogens with one attached hydrogen (secondary N) is 1. The van der Waals surface area contributed by atoms with Crippen LogP contribution in [-0.2, 0) is 0 Å². The summed E-state index contributed by atoms with van der Waals surface area (Å²) < 4.78 is 10.5. The van der Waals surface area contributed by atoms with Crippen molar-refractivity contribution in [2.75, 3.05) is 11.9 Å². The summed E-state index contributed by atoms with van der Waals surface area (Å²) in [6, 6.07) is 11.8. The summed E-state index contributed by atoms with van der Waals surface area (Å²) in [7, 11) is 0. The van der Waals surface area contributed by atoms with Crippen LogP contribution in [0.2, 0.25) is 0 Å². The molecule has 8 nitrogen and oxygen atoms in total. The molecule has 26 heavy (non-hydrogen) atoms. The lowest BCUT2D eigenvalue weighted by Crippen LogP contribution is -2.20. The van der Waals surface area contributed by atoms with E-state index < -0.39 is 16.5 Å². The average Bonchev–Trinajstić information content (AvgIpc) is 2.61. The molecule has 0 spiro atoms. The number of fused-ring (bicyclic) bond motifs is 1. The Kier molecular flexibility index (Phi) is 4.66. The summed E-state index contributed by atoms with van der Waals surface area (Å²) in [6.07, 6.45) is 0. The first-order valence-corrected chi connectivity index (χ1v) is 7.74. The number of carbonyl (C=O) groups is 1. The van der Waals surface area contributed by atoms with Crippen LogP contribution in [0.1, 0.15) is 17.3 Å². The minimum absolute atomic E-state index is 0.170. The number of nitrogens with zero attached hydrogens (tertiary/aromatic N) is 1. The molecule has 0 atom stereocenters. The first-order chi connectivity index (χ1) is 12.5. The van der Waals surface area contributed by atoms with Crippen LogP contribution in [-0.4, -0.2) is 17.4 Å². The van der Waals surface area contributed by atoms with Gasteiger partial charge in [0.15, 0.2) is 0 Å². The van der Waals surface area contributed by atoms with E-state index in [-0.39, 0.29) is 16.9 Å². The van der Waals surface area contributed by atoms with Gasteiger partial charge in [-0.2, -0.15) is 0 Å². The monoisotopic (exact) mass is 354 g/mol. The van der Waals surface area contributed by atoms with Crippen molar-refractivity contribution in [1.82, 2.24) is 0 Å². The largest absolute Gasteiger partial charge is 0.494 e. The molecular formula is C18H14N2O6. The van der Waals surface area contributed by atoms with Gasteiger partial charge in [-0.25, -0.2) is 4.79 Å². The van der Waals surface area contributed by atoms with Crippen molar-refractivity contribution < 1.29 is 18.9 Å². The molecule has 0 saturated heterocycles. The van der Waals surface area contributed by atoms with Crippen molar-refractivity contribution in [2.24, 2.45) is 0 Å². The van der Waals surface area contributed by atoms with Crippen molar-refractivity contribution >= 4 is 28.3 Å². The van der Waals surface area contributed by atoms with Crippen LogP contribution in [0.3, 0.4) is 0 Å². The second kappa shape index (κ2) is 7.06. The molecule has 0 saturated carbocycles. The Morgan fingerprint density at radius 3 is 2.77 bits per heavy atom. The molecule has 0 radical (unpaired) electrons. The Hall–Kier alpha value is -3.68. The molecule has 0 aliphatic heterocycles. The first-order valence-electron chi connectivity index (χ1n) is 7.74. The lowest BCUT2D eigenvalue weighted by atomic mass is 10.1.